The molecule has 9 heteroatoms. The highest BCUT2D eigenvalue weighted by Crippen LogP contribution is 2.30. The summed E-state index contributed by atoms with van der Waals surface area (Å²) < 4.78 is 28.9. The number of urea groups is 1. The molecule has 2 aromatic carbocycles. The van der Waals surface area contributed by atoms with Gasteiger partial charge in [-0.1, -0.05) is 24.3 Å². The fourth-order valence-electron chi connectivity index (χ4n) is 2.88. The first-order valence-corrected chi connectivity index (χ1v) is 8.74. The third-order valence-electron chi connectivity index (χ3n) is 4.56. The maximum atomic E-state index is 12.8. The molecule has 29 heavy (non-hydrogen) atoms. The van der Waals surface area contributed by atoms with Crippen molar-refractivity contribution in [2.75, 3.05) is 19.0 Å². The molecule has 1 fully saturated rings. The monoisotopic (exact) mass is 402 g/mol. The number of hydrazone groups is 1. The van der Waals surface area contributed by atoms with Crippen LogP contribution in [-0.2, 0) is 10.3 Å². The summed E-state index contributed by atoms with van der Waals surface area (Å²) in [5.41, 5.74) is 0.778. The number of anilines is 1. The molecule has 0 bridgehead atoms. The number of nitrogens with one attached hydrogen (secondary N) is 1. The molecule has 0 aliphatic carbocycles. The van der Waals surface area contributed by atoms with Crippen LogP contribution in [0.1, 0.15) is 18.1 Å². The second-order valence-corrected chi connectivity index (χ2v) is 6.81. The standard InChI is InChI=1S/C20H20F2N4O3/c1-20(14-6-10-16(11-7-14)29-18(21)22)17(27)26(19(28)24-20)23-12-13-4-8-15(9-5-13)25(2)3/h4-12,18H,1-3H3,(H,24,28)/b23-12-/t20-/m0/s1. The summed E-state index contributed by atoms with van der Waals surface area (Å²) in [4.78, 5) is 27.1. The number of alkyl halides is 2. The smallest absolute Gasteiger partial charge is 0.387 e. The van der Waals surface area contributed by atoms with Crippen molar-refractivity contribution in [2.45, 2.75) is 19.1 Å². The number of nitrogens with zero attached hydrogens (tertiary/aromatic N) is 3. The summed E-state index contributed by atoms with van der Waals surface area (Å²) in [6.45, 7) is -1.42. The number of amides is 3. The maximum absolute atomic E-state index is 12.8. The molecule has 1 atom stereocenters. The van der Waals surface area contributed by atoms with Crippen LogP contribution >= 0.6 is 0 Å². The van der Waals surface area contributed by atoms with E-state index in [1.54, 1.807) is 0 Å². The van der Waals surface area contributed by atoms with Crippen LogP contribution in [0.15, 0.2) is 53.6 Å². The molecule has 0 spiro atoms. The van der Waals surface area contributed by atoms with Crippen LogP contribution in [0.4, 0.5) is 19.3 Å². The van der Waals surface area contributed by atoms with Crippen molar-refractivity contribution in [3.8, 4) is 5.75 Å². The van der Waals surface area contributed by atoms with E-state index in [1.807, 2.05) is 43.3 Å². The molecule has 2 aromatic rings. The molecule has 1 aliphatic heterocycles. The quantitative estimate of drug-likeness (QED) is 0.595. The van der Waals surface area contributed by atoms with Crippen molar-refractivity contribution < 1.29 is 23.1 Å². The molecule has 7 nitrogen and oxygen atoms in total. The number of hydrogen-bond donors (Lipinski definition) is 1. The molecule has 152 valence electrons. The largest absolute Gasteiger partial charge is 0.435 e. The first kappa shape index (κ1) is 20.2. The summed E-state index contributed by atoms with van der Waals surface area (Å²) in [7, 11) is 3.84. The summed E-state index contributed by atoms with van der Waals surface area (Å²) in [6, 6.07) is 12.3. The second-order valence-electron chi connectivity index (χ2n) is 6.81. The van der Waals surface area contributed by atoms with Crippen LogP contribution in [-0.4, -0.2) is 43.9 Å². The fourth-order valence-corrected chi connectivity index (χ4v) is 2.88. The Hall–Kier alpha value is -3.49. The van der Waals surface area contributed by atoms with Crippen LogP contribution < -0.4 is 15.0 Å². The minimum Gasteiger partial charge on any atom is -0.435 e. The van der Waals surface area contributed by atoms with E-state index in [1.165, 1.54) is 37.4 Å². The van der Waals surface area contributed by atoms with Crippen molar-refractivity contribution in [3.05, 3.63) is 59.7 Å². The van der Waals surface area contributed by atoms with Gasteiger partial charge in [0, 0.05) is 19.8 Å². The zero-order chi connectivity index (χ0) is 21.2. The summed E-state index contributed by atoms with van der Waals surface area (Å²) in [5, 5.41) is 7.37. The number of hydrogen-bond acceptors (Lipinski definition) is 5. The van der Waals surface area contributed by atoms with E-state index in [2.05, 4.69) is 15.2 Å². The molecular formula is C20H20F2N4O3. The first-order valence-electron chi connectivity index (χ1n) is 8.74. The molecule has 0 unspecified atom stereocenters. The molecule has 0 radical (unpaired) electrons. The van der Waals surface area contributed by atoms with Crippen molar-refractivity contribution in [1.82, 2.24) is 10.3 Å². The number of halogens is 2. The average Bonchev–Trinajstić information content (AvgIpc) is 2.90. The average molecular weight is 402 g/mol. The molecule has 3 amide bonds. The van der Waals surface area contributed by atoms with Gasteiger partial charge in [-0.2, -0.15) is 13.9 Å². The number of carbonyl (C=O) groups excluding carboxylic acids is 2. The molecular weight excluding hydrogens is 382 g/mol. The van der Waals surface area contributed by atoms with Gasteiger partial charge >= 0.3 is 12.6 Å². The third kappa shape index (κ3) is 4.18. The van der Waals surface area contributed by atoms with Gasteiger partial charge in [0.2, 0.25) is 0 Å². The highest BCUT2D eigenvalue weighted by Gasteiger charge is 2.49. The van der Waals surface area contributed by atoms with Gasteiger partial charge < -0.3 is 15.0 Å². The normalized spacial score (nSPS) is 19.2. The number of carbonyl (C=O) groups is 2. The van der Waals surface area contributed by atoms with E-state index in [0.717, 1.165) is 16.3 Å². The summed E-state index contributed by atoms with van der Waals surface area (Å²) >= 11 is 0. The Bertz CT molecular complexity index is 930. The SMILES string of the molecule is CN(C)c1ccc(/C=N\N2C(=O)N[C@@](C)(c3ccc(OC(F)F)cc3)C2=O)cc1. The lowest BCUT2D eigenvalue weighted by molar-refractivity contribution is -0.131. The van der Waals surface area contributed by atoms with Gasteiger partial charge in [0.05, 0.1) is 6.21 Å². The predicted molar refractivity (Wildman–Crippen MR) is 104 cm³/mol. The van der Waals surface area contributed by atoms with Crippen LogP contribution in [0.3, 0.4) is 0 Å². The first-order chi connectivity index (χ1) is 13.7. The van der Waals surface area contributed by atoms with E-state index >= 15 is 0 Å². The Balaban J connectivity index is 1.77. The second kappa shape index (κ2) is 7.86. The molecule has 0 aromatic heterocycles. The van der Waals surface area contributed by atoms with Crippen LogP contribution in [0.5, 0.6) is 5.75 Å². The summed E-state index contributed by atoms with van der Waals surface area (Å²) in [6.07, 6.45) is 1.42. The molecule has 1 aliphatic rings. The minimum absolute atomic E-state index is 0.0415. The predicted octanol–water partition coefficient (Wildman–Crippen LogP) is 3.16. The van der Waals surface area contributed by atoms with Gasteiger partial charge in [0.25, 0.3) is 5.91 Å². The van der Waals surface area contributed by atoms with Gasteiger partial charge in [0.15, 0.2) is 0 Å². The Labute approximate surface area is 166 Å². The highest BCUT2D eigenvalue weighted by molar-refractivity contribution is 6.07. The van der Waals surface area contributed by atoms with Crippen molar-refractivity contribution in [3.63, 3.8) is 0 Å². The van der Waals surface area contributed by atoms with Gasteiger partial charge in [-0.3, -0.25) is 4.79 Å². The van der Waals surface area contributed by atoms with Gasteiger partial charge in [-0.15, -0.1) is 5.01 Å². The third-order valence-corrected chi connectivity index (χ3v) is 4.56. The lowest BCUT2D eigenvalue weighted by Gasteiger charge is -2.21. The number of benzene rings is 2. The lowest BCUT2D eigenvalue weighted by Crippen LogP contribution is -2.40. The molecule has 1 N–H and O–H groups in total. The van der Waals surface area contributed by atoms with E-state index in [9.17, 15) is 18.4 Å². The Kier molecular flexibility index (Phi) is 5.49. The summed E-state index contributed by atoms with van der Waals surface area (Å²) in [5.74, 6) is -0.619. The van der Waals surface area contributed by atoms with Crippen molar-refractivity contribution >= 4 is 23.8 Å². The zero-order valence-electron chi connectivity index (χ0n) is 16.1. The number of imide groups is 1. The van der Waals surface area contributed by atoms with Gasteiger partial charge in [0.1, 0.15) is 11.3 Å². The number of ether oxygens (including phenoxy) is 1. The van der Waals surface area contributed by atoms with Crippen LogP contribution in [0.25, 0.3) is 0 Å². The zero-order valence-corrected chi connectivity index (χ0v) is 16.1. The fraction of sp³-hybridized carbons (Fsp3) is 0.250. The van der Waals surface area contributed by atoms with Gasteiger partial charge in [-0.25, -0.2) is 4.79 Å². The molecule has 0 saturated carbocycles. The topological polar surface area (TPSA) is 74.2 Å². The van der Waals surface area contributed by atoms with E-state index in [-0.39, 0.29) is 5.75 Å². The van der Waals surface area contributed by atoms with E-state index < -0.39 is 24.1 Å². The number of rotatable bonds is 6. The minimum atomic E-state index is -2.94. The molecule has 3 rings (SSSR count). The van der Waals surface area contributed by atoms with E-state index in [4.69, 9.17) is 0 Å². The Morgan fingerprint density at radius 2 is 1.72 bits per heavy atom. The van der Waals surface area contributed by atoms with E-state index in [0.29, 0.717) is 5.56 Å². The Morgan fingerprint density at radius 1 is 1.10 bits per heavy atom. The molecule has 1 saturated heterocycles. The van der Waals surface area contributed by atoms with Crippen molar-refractivity contribution in [2.24, 2.45) is 5.10 Å². The van der Waals surface area contributed by atoms with Crippen molar-refractivity contribution in [1.29, 1.82) is 0 Å². The van der Waals surface area contributed by atoms with Crippen LogP contribution in [0, 0.1) is 0 Å². The van der Waals surface area contributed by atoms with Crippen LogP contribution in [0.2, 0.25) is 0 Å². The highest BCUT2D eigenvalue weighted by atomic mass is 19.3. The van der Waals surface area contributed by atoms with Gasteiger partial charge in [-0.05, 0) is 42.3 Å². The lowest BCUT2D eigenvalue weighted by atomic mass is 9.92. The Morgan fingerprint density at radius 3 is 2.28 bits per heavy atom. The maximum Gasteiger partial charge on any atom is 0.387 e. The molecule has 1 heterocycles.